The quantitative estimate of drug-likeness (QED) is 0.495. The number of hydrogen-bond donors (Lipinski definition) is 2. The number of fused-ring (bicyclic) bond motifs is 1. The van der Waals surface area contributed by atoms with Gasteiger partial charge in [0, 0.05) is 5.70 Å². The molecule has 0 radical (unpaired) electrons. The molecule has 1 fully saturated rings. The van der Waals surface area contributed by atoms with Crippen molar-refractivity contribution in [2.45, 2.75) is 6.42 Å². The highest BCUT2D eigenvalue weighted by Gasteiger charge is 2.28. The lowest BCUT2D eigenvalue weighted by Gasteiger charge is -2.06. The number of rotatable bonds is 0. The summed E-state index contributed by atoms with van der Waals surface area (Å²) in [6.07, 6.45) is 6.70. The van der Waals surface area contributed by atoms with E-state index in [0.717, 1.165) is 12.1 Å². The van der Waals surface area contributed by atoms with Crippen LogP contribution in [0.15, 0.2) is 23.9 Å². The predicted molar refractivity (Wildman–Crippen MR) is 36.6 cm³/mol. The fourth-order valence-electron chi connectivity index (χ4n) is 1.23. The van der Waals surface area contributed by atoms with Crippen LogP contribution in [0, 0.1) is 5.92 Å². The Balaban J connectivity index is 2.31. The van der Waals surface area contributed by atoms with Crippen molar-refractivity contribution >= 4 is 5.91 Å². The van der Waals surface area contributed by atoms with E-state index in [4.69, 9.17) is 0 Å². The van der Waals surface area contributed by atoms with Crippen LogP contribution in [0.5, 0.6) is 0 Å². The number of carbonyl (C=O) groups is 1. The Hall–Kier alpha value is -1.25. The van der Waals surface area contributed by atoms with Gasteiger partial charge in [-0.25, -0.2) is 0 Å². The van der Waals surface area contributed by atoms with Crippen molar-refractivity contribution in [1.29, 1.82) is 0 Å². The molecule has 1 aliphatic heterocycles. The molecule has 52 valence electrons. The normalized spacial score (nSPS) is 28.6. The minimum absolute atomic E-state index is 0.0463. The third kappa shape index (κ3) is 0.635. The van der Waals surface area contributed by atoms with Crippen LogP contribution in [0.4, 0.5) is 0 Å². The summed E-state index contributed by atoms with van der Waals surface area (Å²) < 4.78 is 0. The van der Waals surface area contributed by atoms with Crippen molar-refractivity contribution in [2.24, 2.45) is 5.92 Å². The highest BCUT2D eigenvalue weighted by atomic mass is 16.2. The summed E-state index contributed by atoms with van der Waals surface area (Å²) in [4.78, 5) is 11.0. The maximum Gasteiger partial charge on any atom is 0.247 e. The summed E-state index contributed by atoms with van der Waals surface area (Å²) in [5.74, 6) is 0.126. The van der Waals surface area contributed by atoms with Crippen LogP contribution >= 0.6 is 0 Å². The topological polar surface area (TPSA) is 41.1 Å². The van der Waals surface area contributed by atoms with Gasteiger partial charge in [0.05, 0.1) is 5.92 Å². The zero-order valence-corrected chi connectivity index (χ0v) is 5.42. The summed E-state index contributed by atoms with van der Waals surface area (Å²) >= 11 is 0. The molecule has 2 rings (SSSR count). The van der Waals surface area contributed by atoms with Crippen LogP contribution in [0.1, 0.15) is 6.42 Å². The van der Waals surface area contributed by atoms with Gasteiger partial charge in [-0.05, 0) is 12.5 Å². The average molecular weight is 136 g/mol. The van der Waals surface area contributed by atoms with Crippen LogP contribution in [0.25, 0.3) is 0 Å². The van der Waals surface area contributed by atoms with E-state index in [1.807, 2.05) is 18.2 Å². The monoisotopic (exact) mass is 136 g/mol. The van der Waals surface area contributed by atoms with Gasteiger partial charge in [-0.15, -0.1) is 0 Å². The van der Waals surface area contributed by atoms with Gasteiger partial charge in [0.25, 0.3) is 0 Å². The molecule has 3 heteroatoms. The van der Waals surface area contributed by atoms with Crippen molar-refractivity contribution in [3.8, 4) is 0 Å². The van der Waals surface area contributed by atoms with Gasteiger partial charge >= 0.3 is 0 Å². The molecule has 1 aliphatic carbocycles. The zero-order chi connectivity index (χ0) is 6.97. The molecule has 10 heavy (non-hydrogen) atoms. The van der Waals surface area contributed by atoms with E-state index in [0.29, 0.717) is 0 Å². The molecule has 1 heterocycles. The van der Waals surface area contributed by atoms with Gasteiger partial charge in [0.1, 0.15) is 0 Å². The van der Waals surface area contributed by atoms with E-state index in [9.17, 15) is 4.79 Å². The Kier molecular flexibility index (Phi) is 1.03. The lowest BCUT2D eigenvalue weighted by molar-refractivity contribution is -0.122. The lowest BCUT2D eigenvalue weighted by Crippen LogP contribution is -2.25. The second-order valence-corrected chi connectivity index (χ2v) is 2.45. The maximum absolute atomic E-state index is 11.0. The van der Waals surface area contributed by atoms with Crippen LogP contribution in [0.2, 0.25) is 0 Å². The van der Waals surface area contributed by atoms with E-state index < -0.39 is 0 Å². The van der Waals surface area contributed by atoms with Crippen LogP contribution in [0.3, 0.4) is 0 Å². The molecule has 0 aromatic heterocycles. The standard InChI is InChI=1S/C7H8N2O/c10-7-5-3-1-2-4-6(5)8-9-7/h1-2,4-5,8H,3H2,(H,9,10). The van der Waals surface area contributed by atoms with Gasteiger partial charge in [0.2, 0.25) is 5.91 Å². The number of amides is 1. The smallest absolute Gasteiger partial charge is 0.247 e. The van der Waals surface area contributed by atoms with E-state index in [-0.39, 0.29) is 11.8 Å². The second-order valence-electron chi connectivity index (χ2n) is 2.45. The number of hydrazine groups is 1. The van der Waals surface area contributed by atoms with Crippen LogP contribution in [-0.4, -0.2) is 5.91 Å². The first-order valence-corrected chi connectivity index (χ1v) is 3.30. The summed E-state index contributed by atoms with van der Waals surface area (Å²) in [7, 11) is 0. The molecule has 1 unspecified atom stereocenters. The Bertz CT molecular complexity index is 230. The van der Waals surface area contributed by atoms with Crippen LogP contribution < -0.4 is 10.9 Å². The number of hydrogen-bond acceptors (Lipinski definition) is 2. The third-order valence-electron chi connectivity index (χ3n) is 1.81. The summed E-state index contributed by atoms with van der Waals surface area (Å²) in [5.41, 5.74) is 6.38. The molecule has 0 spiro atoms. The molecule has 1 atom stereocenters. The van der Waals surface area contributed by atoms with Gasteiger partial charge < -0.3 is 5.43 Å². The molecule has 2 aliphatic rings. The predicted octanol–water partition coefficient (Wildman–Crippen LogP) is 0.0808. The first kappa shape index (κ1) is 5.53. The highest BCUT2D eigenvalue weighted by Crippen LogP contribution is 2.20. The van der Waals surface area contributed by atoms with E-state index >= 15 is 0 Å². The number of allylic oxidation sites excluding steroid dienone is 3. The first-order chi connectivity index (χ1) is 4.88. The van der Waals surface area contributed by atoms with E-state index in [2.05, 4.69) is 10.9 Å². The molecule has 0 bridgehead atoms. The number of carbonyl (C=O) groups excluding carboxylic acids is 1. The van der Waals surface area contributed by atoms with E-state index in [1.54, 1.807) is 0 Å². The fourth-order valence-corrected chi connectivity index (χ4v) is 1.23. The molecule has 1 saturated heterocycles. The Morgan fingerprint density at radius 1 is 1.50 bits per heavy atom. The number of nitrogens with one attached hydrogen (secondary N) is 2. The average Bonchev–Trinajstić information content (AvgIpc) is 2.34. The van der Waals surface area contributed by atoms with Crippen molar-refractivity contribution in [1.82, 2.24) is 10.9 Å². The van der Waals surface area contributed by atoms with Crippen molar-refractivity contribution in [2.75, 3.05) is 0 Å². The van der Waals surface area contributed by atoms with Gasteiger partial charge in [0.15, 0.2) is 0 Å². The van der Waals surface area contributed by atoms with Gasteiger partial charge in [-0.1, -0.05) is 12.2 Å². The van der Waals surface area contributed by atoms with Crippen molar-refractivity contribution < 1.29 is 4.79 Å². The molecular weight excluding hydrogens is 128 g/mol. The maximum atomic E-state index is 11.0. The minimum Gasteiger partial charge on any atom is -0.302 e. The SMILES string of the molecule is O=C1NNC2=CC=CCC12. The Labute approximate surface area is 58.8 Å². The lowest BCUT2D eigenvalue weighted by atomic mass is 9.98. The molecule has 2 N–H and O–H groups in total. The first-order valence-electron chi connectivity index (χ1n) is 3.30. The summed E-state index contributed by atoms with van der Waals surface area (Å²) in [5, 5.41) is 0. The summed E-state index contributed by atoms with van der Waals surface area (Å²) in [6, 6.07) is 0. The van der Waals surface area contributed by atoms with Crippen LogP contribution in [-0.2, 0) is 4.79 Å². The minimum atomic E-state index is 0.0463. The third-order valence-corrected chi connectivity index (χ3v) is 1.81. The Morgan fingerprint density at radius 3 is 3.20 bits per heavy atom. The molecule has 0 aromatic rings. The molecule has 0 aromatic carbocycles. The zero-order valence-electron chi connectivity index (χ0n) is 5.42. The van der Waals surface area contributed by atoms with Gasteiger partial charge in [-0.2, -0.15) is 0 Å². The fraction of sp³-hybridized carbons (Fsp3) is 0.286. The molecule has 3 nitrogen and oxygen atoms in total. The largest absolute Gasteiger partial charge is 0.302 e. The van der Waals surface area contributed by atoms with Gasteiger partial charge in [-0.3, -0.25) is 10.2 Å². The van der Waals surface area contributed by atoms with E-state index in [1.165, 1.54) is 0 Å². The highest BCUT2D eigenvalue weighted by molar-refractivity contribution is 5.84. The second kappa shape index (κ2) is 1.87. The molecule has 0 saturated carbocycles. The molecular formula is C7H8N2O. The summed E-state index contributed by atoms with van der Waals surface area (Å²) in [6.45, 7) is 0. The molecule has 1 amide bonds. The van der Waals surface area contributed by atoms with Crippen molar-refractivity contribution in [3.05, 3.63) is 23.9 Å². The Morgan fingerprint density at radius 2 is 2.40 bits per heavy atom. The van der Waals surface area contributed by atoms with Crippen molar-refractivity contribution in [3.63, 3.8) is 0 Å².